The van der Waals surface area contributed by atoms with Crippen molar-refractivity contribution >= 4 is 28.7 Å². The van der Waals surface area contributed by atoms with Crippen LogP contribution in [0.5, 0.6) is 0 Å². The Morgan fingerprint density at radius 1 is 0.889 bits per heavy atom. The lowest BCUT2D eigenvalue weighted by Crippen LogP contribution is -2.00. The van der Waals surface area contributed by atoms with E-state index in [-0.39, 0.29) is 0 Å². The molecule has 0 aliphatic heterocycles. The number of fused-ring (bicyclic) bond motifs is 1. The van der Waals surface area contributed by atoms with E-state index in [2.05, 4.69) is 32.7 Å². The Morgan fingerprint density at radius 2 is 1.70 bits per heavy atom. The number of anilines is 4. The molecule has 128 valence electrons. The lowest BCUT2D eigenvalue weighted by atomic mass is 10.1. The predicted octanol–water partition coefficient (Wildman–Crippen LogP) is 4.30. The Balaban J connectivity index is 1.50. The number of allylic oxidation sites excluding steroid dienone is 2. The molecule has 0 fully saturated rings. The second-order valence-corrected chi connectivity index (χ2v) is 6.01. The maximum absolute atomic E-state index is 9.12. The Bertz CT molecular complexity index is 1120. The second-order valence-electron chi connectivity index (χ2n) is 6.01. The Hall–Kier alpha value is -4.16. The zero-order chi connectivity index (χ0) is 18.6. The summed E-state index contributed by atoms with van der Waals surface area (Å²) in [5.41, 5.74) is 5.16. The number of nitrogens with zero attached hydrogens (tertiary/aromatic N) is 4. The minimum absolute atomic E-state index is 0.458. The van der Waals surface area contributed by atoms with Crippen LogP contribution in [0.1, 0.15) is 16.7 Å². The third kappa shape index (κ3) is 3.46. The summed E-state index contributed by atoms with van der Waals surface area (Å²) < 4.78 is 0. The van der Waals surface area contributed by atoms with Crippen LogP contribution >= 0.6 is 0 Å². The summed E-state index contributed by atoms with van der Waals surface area (Å²) in [6.07, 6.45) is 4.38. The zero-order valence-corrected chi connectivity index (χ0v) is 14.3. The molecule has 0 radical (unpaired) electrons. The number of benzene rings is 2. The lowest BCUT2D eigenvalue weighted by molar-refractivity contribution is 1.16. The lowest BCUT2D eigenvalue weighted by Gasteiger charge is -2.10. The zero-order valence-electron chi connectivity index (χ0n) is 14.3. The highest BCUT2D eigenvalue weighted by molar-refractivity contribution is 5.83. The molecule has 0 atom stereocenters. The Kier molecular flexibility index (Phi) is 4.22. The molecule has 0 saturated carbocycles. The first-order valence-corrected chi connectivity index (χ1v) is 8.36. The fourth-order valence-corrected chi connectivity index (χ4v) is 2.92. The minimum Gasteiger partial charge on any atom is -0.340 e. The van der Waals surface area contributed by atoms with Gasteiger partial charge >= 0.3 is 0 Å². The number of nitriles is 2. The van der Waals surface area contributed by atoms with Crippen LogP contribution in [0.4, 0.5) is 23.1 Å². The van der Waals surface area contributed by atoms with Crippen molar-refractivity contribution < 1.29 is 0 Å². The molecule has 2 aromatic carbocycles. The van der Waals surface area contributed by atoms with Crippen molar-refractivity contribution in [3.05, 3.63) is 77.5 Å². The van der Waals surface area contributed by atoms with E-state index in [9.17, 15) is 0 Å². The minimum atomic E-state index is 0.458. The fraction of sp³-hybridized carbons (Fsp3) is 0.0476. The van der Waals surface area contributed by atoms with Crippen molar-refractivity contribution in [2.45, 2.75) is 6.42 Å². The third-order valence-corrected chi connectivity index (χ3v) is 4.24. The predicted molar refractivity (Wildman–Crippen MR) is 103 cm³/mol. The smallest absolute Gasteiger partial charge is 0.229 e. The number of hydrogen-bond acceptors (Lipinski definition) is 6. The molecule has 4 rings (SSSR count). The van der Waals surface area contributed by atoms with Crippen molar-refractivity contribution in [1.29, 1.82) is 10.5 Å². The SMILES string of the molecule is N#CC1=CCc2cc(Nc3ccnc(Nc4ccc(C#N)cc4)n3)ccc21. The molecule has 27 heavy (non-hydrogen) atoms. The van der Waals surface area contributed by atoms with Gasteiger partial charge in [0.1, 0.15) is 5.82 Å². The molecule has 6 heteroatoms. The normalized spacial score (nSPS) is 11.7. The molecule has 1 aromatic heterocycles. The van der Waals surface area contributed by atoms with Gasteiger partial charge in [0.2, 0.25) is 5.95 Å². The highest BCUT2D eigenvalue weighted by Gasteiger charge is 2.14. The monoisotopic (exact) mass is 350 g/mol. The van der Waals surface area contributed by atoms with Gasteiger partial charge in [-0.05, 0) is 60.0 Å². The summed E-state index contributed by atoms with van der Waals surface area (Å²) in [7, 11) is 0. The van der Waals surface area contributed by atoms with Gasteiger partial charge in [0.05, 0.1) is 23.3 Å². The standard InChI is InChI=1S/C21H14N6/c22-12-14-1-5-17(6-2-14)26-21-24-10-9-20(27-21)25-18-7-8-19-15(11-18)3-4-16(19)13-23/h1-2,4-11H,3H2,(H2,24,25,26,27). The van der Waals surface area contributed by atoms with E-state index >= 15 is 0 Å². The molecule has 0 amide bonds. The summed E-state index contributed by atoms with van der Waals surface area (Å²) in [6.45, 7) is 0. The summed E-state index contributed by atoms with van der Waals surface area (Å²) in [5.74, 6) is 1.12. The van der Waals surface area contributed by atoms with Crippen molar-refractivity contribution in [3.8, 4) is 12.1 Å². The van der Waals surface area contributed by atoms with Gasteiger partial charge in [-0.25, -0.2) is 4.98 Å². The van der Waals surface area contributed by atoms with Crippen LogP contribution in [0.2, 0.25) is 0 Å². The van der Waals surface area contributed by atoms with E-state index in [1.54, 1.807) is 24.4 Å². The number of hydrogen-bond donors (Lipinski definition) is 2. The van der Waals surface area contributed by atoms with Gasteiger partial charge in [-0.1, -0.05) is 12.1 Å². The molecular formula is C21H14N6. The molecule has 2 N–H and O–H groups in total. The summed E-state index contributed by atoms with van der Waals surface area (Å²) in [6, 6.07) is 19.1. The van der Waals surface area contributed by atoms with Gasteiger partial charge < -0.3 is 10.6 Å². The molecule has 0 bridgehead atoms. The summed E-state index contributed by atoms with van der Waals surface area (Å²) >= 11 is 0. The first kappa shape index (κ1) is 16.3. The van der Waals surface area contributed by atoms with Crippen LogP contribution in [0, 0.1) is 22.7 Å². The summed E-state index contributed by atoms with van der Waals surface area (Å²) in [4.78, 5) is 8.69. The van der Waals surface area contributed by atoms with E-state index in [0.29, 0.717) is 17.3 Å². The van der Waals surface area contributed by atoms with Gasteiger partial charge in [0.25, 0.3) is 0 Å². The molecule has 1 aliphatic rings. The quantitative estimate of drug-likeness (QED) is 0.728. The highest BCUT2D eigenvalue weighted by Crippen LogP contribution is 2.30. The molecule has 1 heterocycles. The maximum atomic E-state index is 9.12. The largest absolute Gasteiger partial charge is 0.340 e. The fourth-order valence-electron chi connectivity index (χ4n) is 2.92. The van der Waals surface area contributed by atoms with Crippen LogP contribution in [0.25, 0.3) is 5.57 Å². The van der Waals surface area contributed by atoms with Crippen molar-refractivity contribution in [2.24, 2.45) is 0 Å². The highest BCUT2D eigenvalue weighted by atomic mass is 15.1. The molecule has 6 nitrogen and oxygen atoms in total. The van der Waals surface area contributed by atoms with Gasteiger partial charge in [-0.15, -0.1) is 0 Å². The molecular weight excluding hydrogens is 336 g/mol. The molecule has 0 saturated heterocycles. The van der Waals surface area contributed by atoms with Crippen LogP contribution in [0.15, 0.2) is 60.8 Å². The maximum Gasteiger partial charge on any atom is 0.229 e. The van der Waals surface area contributed by atoms with E-state index in [0.717, 1.165) is 34.5 Å². The van der Waals surface area contributed by atoms with E-state index in [4.69, 9.17) is 10.5 Å². The Morgan fingerprint density at radius 3 is 2.48 bits per heavy atom. The first-order valence-electron chi connectivity index (χ1n) is 8.36. The van der Waals surface area contributed by atoms with Gasteiger partial charge in [0.15, 0.2) is 0 Å². The first-order chi connectivity index (χ1) is 13.2. The van der Waals surface area contributed by atoms with E-state index < -0.39 is 0 Å². The Labute approximate surface area is 156 Å². The van der Waals surface area contributed by atoms with Crippen molar-refractivity contribution in [2.75, 3.05) is 10.6 Å². The average molecular weight is 350 g/mol. The van der Waals surface area contributed by atoms with Crippen molar-refractivity contribution in [1.82, 2.24) is 9.97 Å². The number of aromatic nitrogens is 2. The van der Waals surface area contributed by atoms with Gasteiger partial charge in [0, 0.05) is 17.6 Å². The summed E-state index contributed by atoms with van der Waals surface area (Å²) in [5, 5.41) is 24.4. The van der Waals surface area contributed by atoms with E-state index in [1.807, 2.05) is 36.4 Å². The topological polar surface area (TPSA) is 97.4 Å². The molecule has 0 spiro atoms. The van der Waals surface area contributed by atoms with Crippen LogP contribution in [-0.2, 0) is 6.42 Å². The molecule has 1 aliphatic carbocycles. The average Bonchev–Trinajstić information content (AvgIpc) is 3.11. The van der Waals surface area contributed by atoms with Gasteiger partial charge in [-0.3, -0.25) is 0 Å². The van der Waals surface area contributed by atoms with Crippen LogP contribution in [0.3, 0.4) is 0 Å². The van der Waals surface area contributed by atoms with Crippen molar-refractivity contribution in [3.63, 3.8) is 0 Å². The molecule has 0 unspecified atom stereocenters. The third-order valence-electron chi connectivity index (χ3n) is 4.24. The molecule has 3 aromatic rings. The van der Waals surface area contributed by atoms with Gasteiger partial charge in [-0.2, -0.15) is 15.5 Å². The van der Waals surface area contributed by atoms with Crippen LogP contribution < -0.4 is 10.6 Å². The second kappa shape index (κ2) is 6.99. The number of rotatable bonds is 4. The van der Waals surface area contributed by atoms with Crippen LogP contribution in [-0.4, -0.2) is 9.97 Å². The van der Waals surface area contributed by atoms with E-state index in [1.165, 1.54) is 0 Å². The number of nitrogens with one attached hydrogen (secondary N) is 2.